The van der Waals surface area contributed by atoms with Crippen LogP contribution in [0.25, 0.3) is 5.69 Å². The molecule has 5 rings (SSSR count). The lowest BCUT2D eigenvalue weighted by Gasteiger charge is -2.29. The summed E-state index contributed by atoms with van der Waals surface area (Å²) in [7, 11) is -4.42. The van der Waals surface area contributed by atoms with E-state index < -0.39 is 74.3 Å². The van der Waals surface area contributed by atoms with Crippen molar-refractivity contribution in [3.63, 3.8) is 0 Å². The fourth-order valence-corrected chi connectivity index (χ4v) is 7.00. The Morgan fingerprint density at radius 2 is 1.80 bits per heavy atom. The maximum absolute atomic E-state index is 15.0. The van der Waals surface area contributed by atoms with E-state index in [1.807, 2.05) is 0 Å². The maximum Gasteiger partial charge on any atom is 0.354 e. The molecular weight excluding hydrogens is 681 g/mol. The highest BCUT2D eigenvalue weighted by atomic mass is 127. The zero-order valence-corrected chi connectivity index (χ0v) is 23.1. The van der Waals surface area contributed by atoms with Crippen LogP contribution in [0.5, 0.6) is 0 Å². The molecule has 40 heavy (non-hydrogen) atoms. The molecule has 9 nitrogen and oxygen atoms in total. The van der Waals surface area contributed by atoms with Crippen LogP contribution in [-0.4, -0.2) is 56.1 Å². The van der Waals surface area contributed by atoms with Gasteiger partial charge in [-0.05, 0) is 37.1 Å². The molecule has 1 saturated heterocycles. The lowest BCUT2D eigenvalue weighted by Crippen LogP contribution is -2.50. The minimum Gasteiger partial charge on any atom is -0.350 e. The Labute approximate surface area is 237 Å². The summed E-state index contributed by atoms with van der Waals surface area (Å²) >= 11 is 0.838. The largest absolute Gasteiger partial charge is 0.354 e. The van der Waals surface area contributed by atoms with Crippen LogP contribution < -0.4 is 5.32 Å². The molecule has 0 radical (unpaired) electrons. The van der Waals surface area contributed by atoms with Crippen molar-refractivity contribution >= 4 is 38.5 Å². The van der Waals surface area contributed by atoms with Crippen LogP contribution in [0.15, 0.2) is 47.8 Å². The minimum atomic E-state index is -4.42. The third kappa shape index (κ3) is 5.17. The standard InChI is InChI=1S/C23H19F6IN6O3S/c24-13-1-3-15(4-2-13)40(38,39)36-16(7-17(25)22(36)5-6-22)20(37)31-8-12-11-35(34-18(12)19(26)27)14-9-32-21(33-10-14)23(28,29)30/h1-4,9-11,16-17,19H,5-8H2,(H,31,37)/t16-,17+/m0/s1. The first kappa shape index (κ1) is 28.7. The predicted molar refractivity (Wildman–Crippen MR) is 135 cm³/mol. The first-order valence-electron chi connectivity index (χ1n) is 11.7. The van der Waals surface area contributed by atoms with Crippen LogP contribution in [0.4, 0.5) is 26.3 Å². The molecule has 2 aromatic heterocycles. The van der Waals surface area contributed by atoms with Crippen LogP contribution in [0.1, 0.15) is 42.8 Å². The molecule has 0 bridgehead atoms. The van der Waals surface area contributed by atoms with E-state index in [1.54, 1.807) is 0 Å². The van der Waals surface area contributed by atoms with Crippen molar-refractivity contribution in [1.29, 1.82) is 0 Å². The smallest absolute Gasteiger partial charge is 0.350 e. The van der Waals surface area contributed by atoms with Crippen LogP contribution in [-0.2, 0) is 25.3 Å². The van der Waals surface area contributed by atoms with Crippen molar-refractivity contribution < 1.29 is 39.6 Å². The van der Waals surface area contributed by atoms with E-state index in [4.69, 9.17) is 0 Å². The van der Waals surface area contributed by atoms with E-state index in [1.165, 1.54) is 0 Å². The summed E-state index contributed by atoms with van der Waals surface area (Å²) in [6, 6.07) is 2.41. The predicted octanol–water partition coefficient (Wildman–Crippen LogP) is 4.17. The summed E-state index contributed by atoms with van der Waals surface area (Å²) < 4.78 is 108. The maximum atomic E-state index is 15.0. The highest BCUT2D eigenvalue weighted by Crippen LogP contribution is 2.55. The Bertz CT molecular complexity index is 1530. The molecule has 1 saturated carbocycles. The Morgan fingerprint density at radius 1 is 1.18 bits per heavy atom. The number of rotatable bonds is 8. The monoisotopic (exact) mass is 700 g/mol. The number of halogens is 7. The average Bonchev–Trinajstić information content (AvgIpc) is 3.47. The molecule has 17 heteroatoms. The van der Waals surface area contributed by atoms with E-state index in [0.29, 0.717) is 0 Å². The van der Waals surface area contributed by atoms with Crippen molar-refractivity contribution in [2.45, 2.75) is 58.8 Å². The zero-order valence-electron chi connectivity index (χ0n) is 20.1. The van der Waals surface area contributed by atoms with Gasteiger partial charge in [0.15, 0.2) is 0 Å². The molecule has 1 spiro atoms. The summed E-state index contributed by atoms with van der Waals surface area (Å²) in [5.74, 6) is -2.39. The second-order valence-corrected chi connectivity index (χ2v) is 12.5. The lowest BCUT2D eigenvalue weighted by molar-refractivity contribution is -0.124. The number of hydrogen-bond acceptors (Lipinski definition) is 6. The Hall–Kier alpha value is -2.80. The van der Waals surface area contributed by atoms with Gasteiger partial charge >= 0.3 is 3.93 Å². The summed E-state index contributed by atoms with van der Waals surface area (Å²) in [5.41, 5.74) is -2.30. The number of carbonyl (C=O) groups is 1. The molecule has 3 heterocycles. The van der Waals surface area contributed by atoms with Crippen molar-refractivity contribution in [3.8, 4) is 5.69 Å². The van der Waals surface area contributed by atoms with E-state index >= 15 is 4.39 Å². The van der Waals surface area contributed by atoms with Crippen molar-refractivity contribution in [1.82, 2.24) is 29.4 Å². The van der Waals surface area contributed by atoms with Gasteiger partial charge in [-0.2, -0.15) is 18.2 Å². The van der Waals surface area contributed by atoms with Gasteiger partial charge in [-0.1, -0.05) is 0 Å². The Kier molecular flexibility index (Phi) is 7.35. The number of nitrogens with one attached hydrogen (secondary N) is 1. The van der Waals surface area contributed by atoms with Crippen molar-refractivity contribution in [2.75, 3.05) is 0 Å². The van der Waals surface area contributed by atoms with Gasteiger partial charge in [0.05, 0.1) is 22.8 Å². The number of sulfonamides is 1. The molecule has 1 aliphatic heterocycles. The quantitative estimate of drug-likeness (QED) is 0.215. The molecule has 3 aromatic rings. The summed E-state index contributed by atoms with van der Waals surface area (Å²) in [6.45, 7) is -0.520. The summed E-state index contributed by atoms with van der Waals surface area (Å²) in [4.78, 5) is 19.9. The molecular formula is C23H19F6IN6O3S. The molecule has 1 aliphatic carbocycles. The molecule has 214 valence electrons. The molecule has 2 atom stereocenters. The molecule has 1 aromatic carbocycles. The highest BCUT2D eigenvalue weighted by molar-refractivity contribution is 14.1. The van der Waals surface area contributed by atoms with Gasteiger partial charge in [0.2, 0.25) is 21.8 Å². The van der Waals surface area contributed by atoms with Gasteiger partial charge in [-0.25, -0.2) is 40.6 Å². The second kappa shape index (κ2) is 10.2. The second-order valence-electron chi connectivity index (χ2n) is 9.34. The van der Waals surface area contributed by atoms with Gasteiger partial charge in [0, 0.05) is 47.3 Å². The number of benzene rings is 1. The lowest BCUT2D eigenvalue weighted by atomic mass is 10.1. The number of nitrogens with zero attached hydrogens (tertiary/aromatic N) is 5. The summed E-state index contributed by atoms with van der Waals surface area (Å²) in [5, 5.41) is 6.13. The third-order valence-corrected chi connectivity index (χ3v) is 9.30. The number of hydrogen-bond donors (Lipinski definition) is 1. The van der Waals surface area contributed by atoms with Gasteiger partial charge in [-0.3, -0.25) is 4.79 Å². The van der Waals surface area contributed by atoms with Crippen molar-refractivity contribution in [2.24, 2.45) is 0 Å². The van der Waals surface area contributed by atoms with E-state index in [9.17, 15) is 35.2 Å². The van der Waals surface area contributed by atoms with Crippen molar-refractivity contribution in [3.05, 3.63) is 65.8 Å². The molecule has 1 amide bonds. The molecule has 0 unspecified atom stereocenters. The molecule has 2 aliphatic rings. The SMILES string of the molecule is O=C(NCc1cn(-c2cnc(C(F)(F)I)nc2)nc1C(F)F)[C@@H]1C[C@@H](F)C2(CC2)N1S(=O)(=O)c1ccc(F)cc1. The number of alkyl halides is 6. The summed E-state index contributed by atoms with van der Waals surface area (Å²) in [6.07, 6.45) is -1.76. The van der Waals surface area contributed by atoms with Gasteiger partial charge in [0.1, 0.15) is 29.4 Å². The first-order chi connectivity index (χ1) is 18.7. The number of amides is 1. The first-order valence-corrected chi connectivity index (χ1v) is 14.2. The zero-order chi connectivity index (χ0) is 29.0. The van der Waals surface area contributed by atoms with E-state index in [0.717, 1.165) is 74.4 Å². The van der Waals surface area contributed by atoms with Gasteiger partial charge in [-0.15, -0.1) is 0 Å². The van der Waals surface area contributed by atoms with Crippen LogP contribution in [0.2, 0.25) is 0 Å². The number of carbonyl (C=O) groups excluding carboxylic acids is 1. The van der Waals surface area contributed by atoms with Crippen LogP contribution >= 0.6 is 22.6 Å². The molecule has 2 fully saturated rings. The van der Waals surface area contributed by atoms with Gasteiger partial charge in [0.25, 0.3) is 6.43 Å². The van der Waals surface area contributed by atoms with E-state index in [-0.39, 0.29) is 29.0 Å². The van der Waals surface area contributed by atoms with Crippen LogP contribution in [0.3, 0.4) is 0 Å². The number of aromatic nitrogens is 4. The average molecular weight is 700 g/mol. The Morgan fingerprint density at radius 3 is 2.35 bits per heavy atom. The molecule has 1 N–H and O–H groups in total. The Balaban J connectivity index is 1.38. The topological polar surface area (TPSA) is 110 Å². The van der Waals surface area contributed by atoms with Gasteiger partial charge < -0.3 is 5.32 Å². The van der Waals surface area contributed by atoms with Crippen LogP contribution in [0, 0.1) is 5.82 Å². The fraction of sp³-hybridized carbons (Fsp3) is 0.391. The van der Waals surface area contributed by atoms with E-state index in [2.05, 4.69) is 20.4 Å². The normalized spacial score (nSPS) is 20.8. The minimum absolute atomic E-state index is 0.00724. The fourth-order valence-electron chi connectivity index (χ4n) is 4.72. The third-order valence-electron chi connectivity index (χ3n) is 6.81. The highest BCUT2D eigenvalue weighted by Gasteiger charge is 2.67.